The molecular weight excluding hydrogens is 309 g/mol. The summed E-state index contributed by atoms with van der Waals surface area (Å²) in [6.07, 6.45) is -3.99. The summed E-state index contributed by atoms with van der Waals surface area (Å²) >= 11 is 1.23. The van der Waals surface area contributed by atoms with E-state index in [2.05, 4.69) is 9.99 Å². The van der Waals surface area contributed by atoms with E-state index in [1.54, 1.807) is 12.1 Å². The van der Waals surface area contributed by atoms with E-state index in [4.69, 9.17) is 0 Å². The monoisotopic (exact) mass is 318 g/mol. The quantitative estimate of drug-likeness (QED) is 0.667. The zero-order valence-electron chi connectivity index (χ0n) is 10.4. The number of anilines is 1. The molecule has 0 bridgehead atoms. The average molecular weight is 318 g/mol. The van der Waals surface area contributed by atoms with Gasteiger partial charge in [0.25, 0.3) is 0 Å². The largest absolute Gasteiger partial charge is 0.437 e. The van der Waals surface area contributed by atoms with Crippen molar-refractivity contribution in [2.24, 2.45) is 5.16 Å². The Labute approximate surface area is 120 Å². The van der Waals surface area contributed by atoms with E-state index in [0.29, 0.717) is 18.0 Å². The number of carbonyl (C=O) groups excluding carboxylic acids is 1. The summed E-state index contributed by atoms with van der Waals surface area (Å²) in [5, 5.41) is 12.8. The minimum atomic E-state index is -4.74. The zero-order chi connectivity index (χ0) is 15.2. The van der Waals surface area contributed by atoms with E-state index in [1.165, 1.54) is 11.3 Å². The van der Waals surface area contributed by atoms with Crippen LogP contribution in [0, 0.1) is 0 Å². The maximum absolute atomic E-state index is 12.7. The Morgan fingerprint density at radius 2 is 2.14 bits per heavy atom. The Hall–Kier alpha value is -1.87. The van der Waals surface area contributed by atoms with Crippen LogP contribution >= 0.6 is 11.3 Å². The SMILES string of the molecule is O=C1ON=C(C(F)(F)F)C1=Cc1ccc(N2CC(O)C2)s1. The highest BCUT2D eigenvalue weighted by Crippen LogP contribution is 2.33. The van der Waals surface area contributed by atoms with Crippen molar-refractivity contribution in [3.05, 3.63) is 22.6 Å². The first-order chi connectivity index (χ1) is 9.84. The summed E-state index contributed by atoms with van der Waals surface area (Å²) in [4.78, 5) is 17.8. The van der Waals surface area contributed by atoms with Crippen LogP contribution in [0.15, 0.2) is 22.9 Å². The van der Waals surface area contributed by atoms with Gasteiger partial charge in [-0.3, -0.25) is 0 Å². The summed E-state index contributed by atoms with van der Waals surface area (Å²) in [6, 6.07) is 3.34. The number of nitrogens with zero attached hydrogens (tertiary/aromatic N) is 2. The maximum atomic E-state index is 12.7. The molecule has 0 atom stereocenters. The summed E-state index contributed by atoms with van der Waals surface area (Å²) in [5.74, 6) is -1.11. The molecule has 0 spiro atoms. The second kappa shape index (κ2) is 4.85. The van der Waals surface area contributed by atoms with Crippen molar-refractivity contribution >= 4 is 34.1 Å². The van der Waals surface area contributed by atoms with Gasteiger partial charge < -0.3 is 14.8 Å². The molecule has 0 aliphatic carbocycles. The topological polar surface area (TPSA) is 62.1 Å². The molecule has 0 unspecified atom stereocenters. The van der Waals surface area contributed by atoms with E-state index < -0.39 is 23.4 Å². The van der Waals surface area contributed by atoms with Crippen LogP contribution in [0.4, 0.5) is 18.2 Å². The lowest BCUT2D eigenvalue weighted by molar-refractivity contribution is -0.136. The highest BCUT2D eigenvalue weighted by atomic mass is 32.1. The number of halogens is 3. The molecule has 0 saturated carbocycles. The van der Waals surface area contributed by atoms with Crippen molar-refractivity contribution in [1.82, 2.24) is 0 Å². The van der Waals surface area contributed by atoms with Crippen molar-refractivity contribution in [3.63, 3.8) is 0 Å². The molecule has 5 nitrogen and oxygen atoms in total. The van der Waals surface area contributed by atoms with E-state index in [-0.39, 0.29) is 6.10 Å². The number of aliphatic hydroxyl groups excluding tert-OH is 1. The lowest BCUT2D eigenvalue weighted by Crippen LogP contribution is -2.50. The third kappa shape index (κ3) is 2.66. The van der Waals surface area contributed by atoms with Crippen LogP contribution in [0.3, 0.4) is 0 Å². The molecule has 1 saturated heterocycles. The van der Waals surface area contributed by atoms with Crippen LogP contribution in [0.25, 0.3) is 6.08 Å². The van der Waals surface area contributed by atoms with E-state index in [9.17, 15) is 23.1 Å². The van der Waals surface area contributed by atoms with Crippen molar-refractivity contribution < 1.29 is 27.9 Å². The standard InChI is InChI=1S/C12H9F3N2O3S/c13-12(14,15)10-8(11(19)20-16-10)3-7-1-2-9(21-7)17-4-6(18)5-17/h1-3,6,18H,4-5H2. The van der Waals surface area contributed by atoms with Gasteiger partial charge in [0.15, 0.2) is 5.71 Å². The first-order valence-corrected chi connectivity index (χ1v) is 6.77. The molecule has 2 aliphatic rings. The molecule has 0 amide bonds. The Bertz CT molecular complexity index is 644. The summed E-state index contributed by atoms with van der Waals surface area (Å²) < 4.78 is 38.1. The van der Waals surface area contributed by atoms with Gasteiger partial charge >= 0.3 is 12.1 Å². The molecule has 21 heavy (non-hydrogen) atoms. The lowest BCUT2D eigenvalue weighted by atomic mass is 10.1. The molecule has 2 aliphatic heterocycles. The summed E-state index contributed by atoms with van der Waals surface area (Å²) in [6.45, 7) is 0.988. The van der Waals surface area contributed by atoms with E-state index in [1.807, 2.05) is 4.90 Å². The number of carbonyl (C=O) groups is 1. The molecule has 3 rings (SSSR count). The van der Waals surface area contributed by atoms with Crippen molar-refractivity contribution in [3.8, 4) is 0 Å². The van der Waals surface area contributed by atoms with Gasteiger partial charge in [0.1, 0.15) is 0 Å². The minimum absolute atomic E-state index is 0.373. The van der Waals surface area contributed by atoms with Crippen LogP contribution in [0.1, 0.15) is 4.88 Å². The predicted octanol–water partition coefficient (Wildman–Crippen LogP) is 1.79. The lowest BCUT2D eigenvalue weighted by Gasteiger charge is -2.36. The maximum Gasteiger partial charge on any atom is 0.437 e. The second-order valence-electron chi connectivity index (χ2n) is 4.61. The van der Waals surface area contributed by atoms with Crippen LogP contribution in [-0.2, 0) is 9.63 Å². The summed E-state index contributed by atoms with van der Waals surface area (Å²) in [5.41, 5.74) is -1.92. The van der Waals surface area contributed by atoms with Crippen molar-refractivity contribution in [2.45, 2.75) is 12.3 Å². The highest BCUT2D eigenvalue weighted by molar-refractivity contribution is 7.17. The van der Waals surface area contributed by atoms with Gasteiger partial charge in [0.2, 0.25) is 0 Å². The van der Waals surface area contributed by atoms with Crippen molar-refractivity contribution in [1.29, 1.82) is 0 Å². The van der Waals surface area contributed by atoms with Gasteiger partial charge in [-0.25, -0.2) is 4.79 Å². The molecule has 1 aromatic rings. The molecule has 112 valence electrons. The van der Waals surface area contributed by atoms with Gasteiger partial charge in [0, 0.05) is 18.0 Å². The predicted molar refractivity (Wildman–Crippen MR) is 70.1 cm³/mol. The van der Waals surface area contributed by atoms with Crippen molar-refractivity contribution in [2.75, 3.05) is 18.0 Å². The average Bonchev–Trinajstić information content (AvgIpc) is 2.93. The van der Waals surface area contributed by atoms with Crippen LogP contribution in [0.5, 0.6) is 0 Å². The van der Waals surface area contributed by atoms with Gasteiger partial charge in [0.05, 0.1) is 16.7 Å². The number of hydrogen-bond acceptors (Lipinski definition) is 6. The van der Waals surface area contributed by atoms with Gasteiger partial charge in [-0.2, -0.15) is 13.2 Å². The molecule has 0 aromatic carbocycles. The number of hydrogen-bond donors (Lipinski definition) is 1. The van der Waals surface area contributed by atoms with Gasteiger partial charge in [-0.05, 0) is 18.2 Å². The Balaban J connectivity index is 1.84. The molecule has 1 N–H and O–H groups in total. The second-order valence-corrected chi connectivity index (χ2v) is 5.70. The van der Waals surface area contributed by atoms with Gasteiger partial charge in [-0.15, -0.1) is 11.3 Å². The molecular formula is C12H9F3N2O3S. The number of alkyl halides is 3. The van der Waals surface area contributed by atoms with Crippen LogP contribution in [-0.4, -0.2) is 42.2 Å². The Kier molecular flexibility index (Phi) is 3.25. The molecule has 1 aromatic heterocycles. The third-order valence-corrected chi connectivity index (χ3v) is 4.13. The Morgan fingerprint density at radius 1 is 1.43 bits per heavy atom. The fraction of sp³-hybridized carbons (Fsp3) is 0.333. The zero-order valence-corrected chi connectivity index (χ0v) is 11.2. The number of aliphatic hydroxyl groups is 1. The fourth-order valence-electron chi connectivity index (χ4n) is 1.98. The van der Waals surface area contributed by atoms with E-state index >= 15 is 0 Å². The number of thiophene rings is 1. The molecule has 3 heterocycles. The van der Waals surface area contributed by atoms with Crippen LogP contribution < -0.4 is 4.90 Å². The summed E-state index contributed by atoms with van der Waals surface area (Å²) in [7, 11) is 0. The number of rotatable bonds is 2. The fourth-order valence-corrected chi connectivity index (χ4v) is 2.95. The number of oxime groups is 1. The highest BCUT2D eigenvalue weighted by Gasteiger charge is 2.45. The molecule has 1 fully saturated rings. The normalized spacial score (nSPS) is 21.5. The molecule has 9 heteroatoms. The number of β-amino-alcohol motifs (C(OH)–C–C–N with tert-alkyl or cyclic N) is 1. The first-order valence-electron chi connectivity index (χ1n) is 5.96. The van der Waals surface area contributed by atoms with Gasteiger partial charge in [-0.1, -0.05) is 5.16 Å². The third-order valence-electron chi connectivity index (χ3n) is 3.04. The van der Waals surface area contributed by atoms with Crippen LogP contribution in [0.2, 0.25) is 0 Å². The molecule has 0 radical (unpaired) electrons. The first kappa shape index (κ1) is 14.1. The van der Waals surface area contributed by atoms with E-state index in [0.717, 1.165) is 11.1 Å². The smallest absolute Gasteiger partial charge is 0.389 e. The minimum Gasteiger partial charge on any atom is -0.389 e. The Morgan fingerprint density at radius 3 is 2.76 bits per heavy atom.